The Labute approximate surface area is 108 Å². The Morgan fingerprint density at radius 1 is 1.24 bits per heavy atom. The minimum absolute atomic E-state index is 0.266. The number of ketones is 1. The molecule has 0 radical (unpaired) electrons. The molecule has 0 unspecified atom stereocenters. The predicted octanol–water partition coefficient (Wildman–Crippen LogP) is 4.17. The zero-order valence-electron chi connectivity index (χ0n) is 10.4. The van der Waals surface area contributed by atoms with Crippen molar-refractivity contribution in [2.24, 2.45) is 11.8 Å². The van der Waals surface area contributed by atoms with Crippen molar-refractivity contribution in [1.29, 1.82) is 0 Å². The van der Waals surface area contributed by atoms with E-state index in [2.05, 4.69) is 31.2 Å². The standard InChI is InChI=1S/C15H20OS/c1-12-7-5-6-10-15(16)14(12)11-17-13-8-3-2-4-9-13/h2-4,8-9,12,14H,5-7,10-11H2,1H3/t12-,14-/m0/s1. The molecule has 1 aliphatic rings. The van der Waals surface area contributed by atoms with Crippen LogP contribution < -0.4 is 0 Å². The molecular formula is C15H20OS. The van der Waals surface area contributed by atoms with Crippen LogP contribution in [0, 0.1) is 11.8 Å². The van der Waals surface area contributed by atoms with Crippen molar-refractivity contribution in [2.75, 3.05) is 5.75 Å². The highest BCUT2D eigenvalue weighted by Gasteiger charge is 2.26. The molecule has 1 nitrogen and oxygen atoms in total. The van der Waals surface area contributed by atoms with Crippen molar-refractivity contribution < 1.29 is 4.79 Å². The normalized spacial score (nSPS) is 25.6. The van der Waals surface area contributed by atoms with Gasteiger partial charge in [0.05, 0.1) is 0 Å². The molecule has 0 aromatic heterocycles. The third kappa shape index (κ3) is 3.60. The quantitative estimate of drug-likeness (QED) is 0.590. The molecule has 0 saturated heterocycles. The second kappa shape index (κ2) is 6.25. The van der Waals surface area contributed by atoms with E-state index in [-0.39, 0.29) is 5.92 Å². The number of hydrogen-bond donors (Lipinski definition) is 0. The van der Waals surface area contributed by atoms with E-state index in [0.29, 0.717) is 11.7 Å². The SMILES string of the molecule is C[C@H]1CCCCC(=O)[C@H]1CSc1ccccc1. The summed E-state index contributed by atoms with van der Waals surface area (Å²) in [5.41, 5.74) is 0. The number of thioether (sulfide) groups is 1. The van der Waals surface area contributed by atoms with Crippen LogP contribution in [0.3, 0.4) is 0 Å². The summed E-state index contributed by atoms with van der Waals surface area (Å²) in [5.74, 6) is 2.26. The molecule has 2 rings (SSSR count). The van der Waals surface area contributed by atoms with Gasteiger partial charge in [0.2, 0.25) is 0 Å². The van der Waals surface area contributed by atoms with Crippen molar-refractivity contribution in [3.63, 3.8) is 0 Å². The lowest BCUT2D eigenvalue weighted by Crippen LogP contribution is -2.22. The highest BCUT2D eigenvalue weighted by atomic mass is 32.2. The van der Waals surface area contributed by atoms with Crippen molar-refractivity contribution >= 4 is 17.5 Å². The lowest BCUT2D eigenvalue weighted by atomic mass is 9.90. The first kappa shape index (κ1) is 12.7. The molecule has 1 fully saturated rings. The Kier molecular flexibility index (Phi) is 4.66. The second-order valence-electron chi connectivity index (χ2n) is 4.92. The average molecular weight is 248 g/mol. The fourth-order valence-electron chi connectivity index (χ4n) is 2.43. The summed E-state index contributed by atoms with van der Waals surface area (Å²) in [6.45, 7) is 2.24. The van der Waals surface area contributed by atoms with Gasteiger partial charge in [-0.25, -0.2) is 0 Å². The molecule has 1 aromatic rings. The summed E-state index contributed by atoms with van der Waals surface area (Å²) in [7, 11) is 0. The Balaban J connectivity index is 1.94. The van der Waals surface area contributed by atoms with Gasteiger partial charge in [0.25, 0.3) is 0 Å². The molecule has 2 atom stereocenters. The number of rotatable bonds is 3. The number of carbonyl (C=O) groups excluding carboxylic acids is 1. The molecule has 1 aliphatic carbocycles. The van der Waals surface area contributed by atoms with Gasteiger partial charge in [0.1, 0.15) is 5.78 Å². The van der Waals surface area contributed by atoms with Crippen molar-refractivity contribution in [2.45, 2.75) is 37.5 Å². The van der Waals surface area contributed by atoms with Crippen LogP contribution in [0.5, 0.6) is 0 Å². The number of hydrogen-bond acceptors (Lipinski definition) is 2. The zero-order chi connectivity index (χ0) is 12.1. The Morgan fingerprint density at radius 3 is 2.76 bits per heavy atom. The minimum atomic E-state index is 0.266. The molecule has 92 valence electrons. The van der Waals surface area contributed by atoms with E-state index < -0.39 is 0 Å². The van der Waals surface area contributed by atoms with Gasteiger partial charge < -0.3 is 0 Å². The Hall–Kier alpha value is -0.760. The van der Waals surface area contributed by atoms with Crippen LogP contribution in [0.15, 0.2) is 35.2 Å². The van der Waals surface area contributed by atoms with E-state index in [1.165, 1.54) is 17.7 Å². The molecule has 2 heteroatoms. The van der Waals surface area contributed by atoms with Crippen molar-refractivity contribution in [3.05, 3.63) is 30.3 Å². The van der Waals surface area contributed by atoms with Crippen LogP contribution in [0.2, 0.25) is 0 Å². The minimum Gasteiger partial charge on any atom is -0.299 e. The van der Waals surface area contributed by atoms with Gasteiger partial charge in [-0.2, -0.15) is 0 Å². The highest BCUT2D eigenvalue weighted by Crippen LogP contribution is 2.31. The van der Waals surface area contributed by atoms with Gasteiger partial charge in [-0.05, 0) is 30.9 Å². The van der Waals surface area contributed by atoms with Crippen LogP contribution in [-0.2, 0) is 4.79 Å². The van der Waals surface area contributed by atoms with E-state index in [1.54, 1.807) is 0 Å². The van der Waals surface area contributed by atoms with E-state index in [9.17, 15) is 4.79 Å². The second-order valence-corrected chi connectivity index (χ2v) is 6.01. The number of carbonyl (C=O) groups is 1. The molecule has 1 aromatic carbocycles. The molecule has 0 heterocycles. The van der Waals surface area contributed by atoms with Gasteiger partial charge in [0.15, 0.2) is 0 Å². The van der Waals surface area contributed by atoms with Crippen molar-refractivity contribution in [1.82, 2.24) is 0 Å². The summed E-state index contributed by atoms with van der Waals surface area (Å²) in [4.78, 5) is 13.3. The van der Waals surface area contributed by atoms with Gasteiger partial charge in [-0.1, -0.05) is 31.5 Å². The maximum absolute atomic E-state index is 12.0. The fourth-order valence-corrected chi connectivity index (χ4v) is 3.67. The molecule has 17 heavy (non-hydrogen) atoms. The maximum atomic E-state index is 12.0. The van der Waals surface area contributed by atoms with Crippen LogP contribution in [-0.4, -0.2) is 11.5 Å². The average Bonchev–Trinajstić information content (AvgIpc) is 2.50. The summed E-state index contributed by atoms with van der Waals surface area (Å²) in [5, 5.41) is 0. The van der Waals surface area contributed by atoms with Gasteiger partial charge >= 0.3 is 0 Å². The van der Waals surface area contributed by atoms with E-state index in [4.69, 9.17) is 0 Å². The molecule has 0 aliphatic heterocycles. The summed E-state index contributed by atoms with van der Waals surface area (Å²) in [6, 6.07) is 10.4. The molecule has 0 bridgehead atoms. The number of benzene rings is 1. The molecule has 1 saturated carbocycles. The summed E-state index contributed by atoms with van der Waals surface area (Å²) in [6.07, 6.45) is 4.32. The fraction of sp³-hybridized carbons (Fsp3) is 0.533. The molecule has 0 N–H and O–H groups in total. The van der Waals surface area contributed by atoms with E-state index in [0.717, 1.165) is 18.6 Å². The third-order valence-corrected chi connectivity index (χ3v) is 4.74. The number of Topliss-reactive ketones (excluding diaryl/α,β-unsaturated/α-hetero) is 1. The lowest BCUT2D eigenvalue weighted by Gasteiger charge is -2.19. The van der Waals surface area contributed by atoms with Crippen LogP contribution in [0.4, 0.5) is 0 Å². The van der Waals surface area contributed by atoms with Gasteiger partial charge in [0, 0.05) is 23.0 Å². The molecule has 0 amide bonds. The van der Waals surface area contributed by atoms with Crippen LogP contribution in [0.25, 0.3) is 0 Å². The monoisotopic (exact) mass is 248 g/mol. The van der Waals surface area contributed by atoms with Crippen LogP contribution >= 0.6 is 11.8 Å². The first-order valence-electron chi connectivity index (χ1n) is 6.48. The van der Waals surface area contributed by atoms with E-state index in [1.807, 2.05) is 17.8 Å². The molecular weight excluding hydrogens is 228 g/mol. The lowest BCUT2D eigenvalue weighted by molar-refractivity contribution is -0.123. The topological polar surface area (TPSA) is 17.1 Å². The first-order chi connectivity index (χ1) is 8.27. The summed E-state index contributed by atoms with van der Waals surface area (Å²) >= 11 is 1.82. The summed E-state index contributed by atoms with van der Waals surface area (Å²) < 4.78 is 0. The van der Waals surface area contributed by atoms with Gasteiger partial charge in [-0.15, -0.1) is 11.8 Å². The first-order valence-corrected chi connectivity index (χ1v) is 7.46. The van der Waals surface area contributed by atoms with E-state index >= 15 is 0 Å². The highest BCUT2D eigenvalue weighted by molar-refractivity contribution is 7.99. The zero-order valence-corrected chi connectivity index (χ0v) is 11.2. The largest absolute Gasteiger partial charge is 0.299 e. The Bertz CT molecular complexity index is 360. The van der Waals surface area contributed by atoms with Crippen LogP contribution in [0.1, 0.15) is 32.6 Å². The third-order valence-electron chi connectivity index (χ3n) is 3.61. The molecule has 0 spiro atoms. The smallest absolute Gasteiger partial charge is 0.137 e. The maximum Gasteiger partial charge on any atom is 0.137 e. The van der Waals surface area contributed by atoms with Crippen molar-refractivity contribution in [3.8, 4) is 0 Å². The predicted molar refractivity (Wildman–Crippen MR) is 73.3 cm³/mol. The van der Waals surface area contributed by atoms with Gasteiger partial charge in [-0.3, -0.25) is 4.79 Å². The Morgan fingerprint density at radius 2 is 2.00 bits per heavy atom.